The zero-order valence-corrected chi connectivity index (χ0v) is 17.2. The van der Waals surface area contributed by atoms with Crippen LogP contribution < -0.4 is 0 Å². The molecule has 152 valence electrons. The minimum atomic E-state index is -0.970. The second kappa shape index (κ2) is 12.5. The van der Waals surface area contributed by atoms with Crippen molar-refractivity contribution >= 4 is 11.9 Å². The Morgan fingerprint density at radius 1 is 0.778 bits per heavy atom. The summed E-state index contributed by atoms with van der Waals surface area (Å²) in [4.78, 5) is 23.3. The molecular weight excluding hydrogens is 340 g/mol. The number of carbonyl (C=O) groups is 2. The van der Waals surface area contributed by atoms with Crippen LogP contribution in [0.1, 0.15) is 110 Å². The van der Waals surface area contributed by atoms with E-state index < -0.39 is 11.9 Å². The Bertz CT molecular complexity index is 605. The molecule has 0 bridgehead atoms. The highest BCUT2D eigenvalue weighted by atomic mass is 16.4. The molecule has 0 aliphatic heterocycles. The first-order valence-electron chi connectivity index (χ1n) is 10.5. The van der Waals surface area contributed by atoms with Crippen LogP contribution in [0.15, 0.2) is 12.1 Å². The number of hydrogen-bond donors (Lipinski definition) is 2. The van der Waals surface area contributed by atoms with Gasteiger partial charge in [-0.2, -0.15) is 0 Å². The van der Waals surface area contributed by atoms with Crippen LogP contribution in [-0.2, 0) is 12.8 Å². The molecule has 0 radical (unpaired) electrons. The average Bonchev–Trinajstić information content (AvgIpc) is 2.61. The van der Waals surface area contributed by atoms with Crippen LogP contribution >= 0.6 is 0 Å². The number of unbranched alkanes of at least 4 members (excludes halogenated alkanes) is 7. The Labute approximate surface area is 164 Å². The number of rotatable bonds is 14. The van der Waals surface area contributed by atoms with E-state index in [4.69, 9.17) is 0 Å². The van der Waals surface area contributed by atoms with Gasteiger partial charge < -0.3 is 10.2 Å². The number of aromatic carboxylic acids is 2. The highest BCUT2D eigenvalue weighted by Gasteiger charge is 2.20. The van der Waals surface area contributed by atoms with Gasteiger partial charge >= 0.3 is 11.9 Å². The number of carboxylic acid groups (broad SMARTS) is 2. The molecule has 1 rings (SSSR count). The van der Waals surface area contributed by atoms with Gasteiger partial charge in [0.25, 0.3) is 0 Å². The third-order valence-corrected chi connectivity index (χ3v) is 5.14. The zero-order chi connectivity index (χ0) is 20.2. The lowest BCUT2D eigenvalue weighted by Gasteiger charge is -2.17. The maximum atomic E-state index is 11.7. The number of hydrogen-bond acceptors (Lipinski definition) is 2. The second-order valence-corrected chi connectivity index (χ2v) is 7.89. The van der Waals surface area contributed by atoms with E-state index in [1.54, 1.807) is 0 Å². The van der Waals surface area contributed by atoms with Crippen molar-refractivity contribution in [2.24, 2.45) is 5.92 Å². The molecule has 0 aliphatic rings. The summed E-state index contributed by atoms with van der Waals surface area (Å²) in [6.45, 7) is 6.40. The third kappa shape index (κ3) is 8.15. The van der Waals surface area contributed by atoms with Gasteiger partial charge in [-0.05, 0) is 54.9 Å². The van der Waals surface area contributed by atoms with Crippen LogP contribution in [0, 0.1) is 5.92 Å². The second-order valence-electron chi connectivity index (χ2n) is 7.89. The van der Waals surface area contributed by atoms with Crippen molar-refractivity contribution in [1.82, 2.24) is 0 Å². The molecule has 2 N–H and O–H groups in total. The molecule has 0 saturated carbocycles. The van der Waals surface area contributed by atoms with Gasteiger partial charge in [-0.15, -0.1) is 0 Å². The summed E-state index contributed by atoms with van der Waals surface area (Å²) >= 11 is 0. The van der Waals surface area contributed by atoms with Crippen molar-refractivity contribution in [3.8, 4) is 0 Å². The predicted molar refractivity (Wildman–Crippen MR) is 110 cm³/mol. The summed E-state index contributed by atoms with van der Waals surface area (Å²) in [5.74, 6) is -1.49. The molecule has 0 spiro atoms. The van der Waals surface area contributed by atoms with Gasteiger partial charge in [0.1, 0.15) is 0 Å². The van der Waals surface area contributed by atoms with Crippen molar-refractivity contribution < 1.29 is 19.8 Å². The molecule has 4 nitrogen and oxygen atoms in total. The van der Waals surface area contributed by atoms with E-state index in [1.165, 1.54) is 44.2 Å². The standard InChI is InChI=1S/C23H36O4/c1-4-5-6-7-8-9-10-11-12-18-19(14-13-17(2)3)21(23(26)27)16-15-20(18)22(24)25/h15-17H,4-14H2,1-3H3,(H,24,25)(H,26,27). The smallest absolute Gasteiger partial charge is 0.335 e. The average molecular weight is 377 g/mol. The SMILES string of the molecule is CCCCCCCCCCc1c(C(=O)O)ccc(C(=O)O)c1CCC(C)C. The molecule has 0 atom stereocenters. The molecule has 0 aliphatic carbocycles. The van der Waals surface area contributed by atoms with Crippen molar-refractivity contribution in [1.29, 1.82) is 0 Å². The quantitative estimate of drug-likeness (QED) is 0.371. The lowest BCUT2D eigenvalue weighted by Crippen LogP contribution is -2.13. The molecule has 0 aromatic heterocycles. The Morgan fingerprint density at radius 2 is 1.22 bits per heavy atom. The van der Waals surface area contributed by atoms with Gasteiger partial charge in [-0.3, -0.25) is 0 Å². The fourth-order valence-corrected chi connectivity index (χ4v) is 3.53. The first kappa shape index (κ1) is 23.2. The van der Waals surface area contributed by atoms with Crippen LogP contribution in [0.3, 0.4) is 0 Å². The van der Waals surface area contributed by atoms with Gasteiger partial charge in [0, 0.05) is 0 Å². The van der Waals surface area contributed by atoms with Gasteiger partial charge in [0.2, 0.25) is 0 Å². The van der Waals surface area contributed by atoms with E-state index in [1.807, 2.05) is 0 Å². The predicted octanol–water partition coefficient (Wildman–Crippen LogP) is 6.35. The molecule has 1 aromatic rings. The summed E-state index contributed by atoms with van der Waals surface area (Å²) in [5, 5.41) is 19.1. The van der Waals surface area contributed by atoms with Gasteiger partial charge in [0.05, 0.1) is 11.1 Å². The molecule has 4 heteroatoms. The fourth-order valence-electron chi connectivity index (χ4n) is 3.53. The summed E-state index contributed by atoms with van der Waals surface area (Å²) < 4.78 is 0. The van der Waals surface area contributed by atoms with Crippen LogP contribution in [0.25, 0.3) is 0 Å². The Balaban J connectivity index is 2.85. The third-order valence-electron chi connectivity index (χ3n) is 5.14. The van der Waals surface area contributed by atoms with Crippen LogP contribution in [0.5, 0.6) is 0 Å². The molecule has 0 heterocycles. The molecule has 0 unspecified atom stereocenters. The first-order valence-corrected chi connectivity index (χ1v) is 10.5. The van der Waals surface area contributed by atoms with E-state index in [2.05, 4.69) is 20.8 Å². The Hall–Kier alpha value is -1.84. The van der Waals surface area contributed by atoms with Crippen LogP contribution in [-0.4, -0.2) is 22.2 Å². The minimum absolute atomic E-state index is 0.259. The highest BCUT2D eigenvalue weighted by molar-refractivity contribution is 5.95. The van der Waals surface area contributed by atoms with E-state index in [9.17, 15) is 19.8 Å². The summed E-state index contributed by atoms with van der Waals surface area (Å²) in [7, 11) is 0. The molecular formula is C23H36O4. The number of carboxylic acids is 2. The van der Waals surface area contributed by atoms with Crippen molar-refractivity contribution in [2.75, 3.05) is 0 Å². The maximum absolute atomic E-state index is 11.7. The van der Waals surface area contributed by atoms with Gasteiger partial charge in [-0.1, -0.05) is 65.7 Å². The van der Waals surface area contributed by atoms with Gasteiger partial charge in [0.15, 0.2) is 0 Å². The molecule has 1 aromatic carbocycles. The monoisotopic (exact) mass is 376 g/mol. The Morgan fingerprint density at radius 3 is 1.67 bits per heavy atom. The van der Waals surface area contributed by atoms with E-state index in [-0.39, 0.29) is 11.1 Å². The normalized spacial score (nSPS) is 11.1. The van der Waals surface area contributed by atoms with Crippen molar-refractivity contribution in [3.05, 3.63) is 34.4 Å². The lowest BCUT2D eigenvalue weighted by molar-refractivity contribution is 0.0679. The Kier molecular flexibility index (Phi) is 10.8. The van der Waals surface area contributed by atoms with E-state index in [0.29, 0.717) is 18.8 Å². The molecule has 0 saturated heterocycles. The summed E-state index contributed by atoms with van der Waals surface area (Å²) in [5.41, 5.74) is 1.98. The topological polar surface area (TPSA) is 74.6 Å². The van der Waals surface area contributed by atoms with Crippen LogP contribution in [0.4, 0.5) is 0 Å². The zero-order valence-electron chi connectivity index (χ0n) is 17.2. The summed E-state index contributed by atoms with van der Waals surface area (Å²) in [6, 6.07) is 2.92. The fraction of sp³-hybridized carbons (Fsp3) is 0.652. The molecule has 27 heavy (non-hydrogen) atoms. The van der Waals surface area contributed by atoms with E-state index in [0.717, 1.165) is 36.8 Å². The lowest BCUT2D eigenvalue weighted by atomic mass is 9.88. The molecule has 0 fully saturated rings. The number of benzene rings is 1. The van der Waals surface area contributed by atoms with Crippen molar-refractivity contribution in [3.63, 3.8) is 0 Å². The summed E-state index contributed by atoms with van der Waals surface area (Å²) in [6.07, 6.45) is 11.6. The molecule has 0 amide bonds. The maximum Gasteiger partial charge on any atom is 0.335 e. The van der Waals surface area contributed by atoms with Crippen molar-refractivity contribution in [2.45, 2.75) is 91.4 Å². The minimum Gasteiger partial charge on any atom is -0.478 e. The highest BCUT2D eigenvalue weighted by Crippen LogP contribution is 2.25. The van der Waals surface area contributed by atoms with E-state index >= 15 is 0 Å². The van der Waals surface area contributed by atoms with Crippen LogP contribution in [0.2, 0.25) is 0 Å². The van der Waals surface area contributed by atoms with Gasteiger partial charge in [-0.25, -0.2) is 9.59 Å². The first-order chi connectivity index (χ1) is 12.9. The largest absolute Gasteiger partial charge is 0.478 e.